The summed E-state index contributed by atoms with van der Waals surface area (Å²) in [6, 6.07) is 0.184. The van der Waals surface area contributed by atoms with E-state index in [1.165, 1.54) is 96.3 Å². The predicted molar refractivity (Wildman–Crippen MR) is 218 cm³/mol. The molecule has 5 aliphatic rings. The molecule has 6 nitrogen and oxygen atoms in total. The molecule has 0 aromatic heterocycles. The Labute approximate surface area is 325 Å². The first kappa shape index (κ1) is 42.7. The molecule has 6 heteroatoms. The zero-order chi connectivity index (χ0) is 37.8. The van der Waals surface area contributed by atoms with Crippen LogP contribution in [0.3, 0.4) is 0 Å². The maximum atomic E-state index is 13.2. The molecule has 1 aliphatic heterocycles. The van der Waals surface area contributed by atoms with E-state index in [0.717, 1.165) is 70.9 Å². The Morgan fingerprint density at radius 1 is 0.755 bits per heavy atom. The lowest BCUT2D eigenvalue weighted by Crippen LogP contribution is -2.58. The Balaban J connectivity index is 0.920. The van der Waals surface area contributed by atoms with E-state index in [1.807, 2.05) is 4.90 Å². The SMILES string of the molecule is CCCCCCCCC=CCCCCCCCC(=O)N1CCC(NC(=O)CC[C@@H](C)C2CC[C@H]3[C@@H]4[C@H](O)C[C@@H]5C[C@H](O)CC[C@]5(C)[C@H]4CC[C@]23C)CC1. The quantitative estimate of drug-likeness (QED) is 0.0857. The summed E-state index contributed by atoms with van der Waals surface area (Å²) in [5.41, 5.74) is 0.512. The Morgan fingerprint density at radius 2 is 1.38 bits per heavy atom. The standard InChI is InChI=1S/C47H82N2O4/c1-5-6-7-8-9-10-11-12-13-14-15-16-17-18-19-20-44(53)49-31-27-37(28-32-49)48-43(52)24-21-35(2)39-22-23-40-45-41(26-30-47(39,40)4)46(3)29-25-38(50)33-36(46)34-42(45)51/h12-13,35-42,45,50-51H,5-11,14-34H2,1-4H3,(H,48,52)/t35-,36+,38-,39?,40+,41+,42-,45+,46+,47-/m1/s1. The first-order valence-corrected chi connectivity index (χ1v) is 23.1. The fraction of sp³-hybridized carbons (Fsp3) is 0.915. The number of hydrogen-bond donors (Lipinski definition) is 3. The Kier molecular flexibility index (Phi) is 16.7. The fourth-order valence-electron chi connectivity index (χ4n) is 12.8. The summed E-state index contributed by atoms with van der Waals surface area (Å²) in [4.78, 5) is 28.1. The van der Waals surface area contributed by atoms with Gasteiger partial charge in [0.2, 0.25) is 11.8 Å². The molecule has 5 fully saturated rings. The second-order valence-corrected chi connectivity index (χ2v) is 19.5. The molecule has 0 bridgehead atoms. The average Bonchev–Trinajstić information content (AvgIpc) is 3.50. The van der Waals surface area contributed by atoms with Crippen LogP contribution in [0.1, 0.15) is 195 Å². The lowest BCUT2D eigenvalue weighted by molar-refractivity contribution is -0.174. The van der Waals surface area contributed by atoms with Crippen LogP contribution in [0.4, 0.5) is 0 Å². The molecule has 0 aromatic carbocycles. The highest BCUT2D eigenvalue weighted by molar-refractivity contribution is 5.77. The number of unbranched alkanes of at least 4 members (excludes halogenated alkanes) is 11. The third-order valence-electron chi connectivity index (χ3n) is 16.1. The highest BCUT2D eigenvalue weighted by Crippen LogP contribution is 2.68. The minimum atomic E-state index is -0.235. The molecule has 0 radical (unpaired) electrons. The van der Waals surface area contributed by atoms with Gasteiger partial charge in [0.25, 0.3) is 0 Å². The van der Waals surface area contributed by atoms with Gasteiger partial charge in [-0.05, 0) is 149 Å². The van der Waals surface area contributed by atoms with Crippen LogP contribution in [0, 0.1) is 46.3 Å². The number of nitrogens with zero attached hydrogens (tertiary/aromatic N) is 1. The number of amides is 2. The monoisotopic (exact) mass is 739 g/mol. The van der Waals surface area contributed by atoms with E-state index in [0.29, 0.717) is 54.3 Å². The predicted octanol–water partition coefficient (Wildman–Crippen LogP) is 10.5. The molecule has 3 N–H and O–H groups in total. The second kappa shape index (κ2) is 20.7. The van der Waals surface area contributed by atoms with Crippen molar-refractivity contribution in [1.82, 2.24) is 10.2 Å². The Bertz CT molecular complexity index is 1150. The minimum Gasteiger partial charge on any atom is -0.393 e. The summed E-state index contributed by atoms with van der Waals surface area (Å²) in [5, 5.41) is 25.3. The average molecular weight is 739 g/mol. The van der Waals surface area contributed by atoms with Crippen molar-refractivity contribution in [3.05, 3.63) is 12.2 Å². The summed E-state index contributed by atoms with van der Waals surface area (Å²) in [7, 11) is 0. The van der Waals surface area contributed by atoms with Crippen molar-refractivity contribution in [2.45, 2.75) is 213 Å². The molecule has 4 aliphatic carbocycles. The number of aliphatic hydroxyl groups excluding tert-OH is 2. The molecular formula is C47H82N2O4. The lowest BCUT2D eigenvalue weighted by Gasteiger charge is -2.62. The summed E-state index contributed by atoms with van der Waals surface area (Å²) in [6.45, 7) is 11.2. The van der Waals surface area contributed by atoms with E-state index in [2.05, 4.69) is 45.2 Å². The van der Waals surface area contributed by atoms with E-state index >= 15 is 0 Å². The van der Waals surface area contributed by atoms with Gasteiger partial charge >= 0.3 is 0 Å². The van der Waals surface area contributed by atoms with Crippen LogP contribution in [0.2, 0.25) is 0 Å². The Hall–Kier alpha value is -1.40. The van der Waals surface area contributed by atoms with Crippen LogP contribution < -0.4 is 5.32 Å². The van der Waals surface area contributed by atoms with Gasteiger partial charge in [0.05, 0.1) is 12.2 Å². The van der Waals surface area contributed by atoms with Crippen LogP contribution in [-0.4, -0.2) is 58.3 Å². The van der Waals surface area contributed by atoms with E-state index in [9.17, 15) is 19.8 Å². The number of nitrogens with one attached hydrogen (secondary N) is 1. The molecule has 1 unspecified atom stereocenters. The van der Waals surface area contributed by atoms with Crippen molar-refractivity contribution in [3.63, 3.8) is 0 Å². The number of carbonyl (C=O) groups is 2. The molecule has 4 saturated carbocycles. The van der Waals surface area contributed by atoms with Crippen molar-refractivity contribution < 1.29 is 19.8 Å². The van der Waals surface area contributed by atoms with Gasteiger partial charge in [-0.2, -0.15) is 0 Å². The van der Waals surface area contributed by atoms with Crippen molar-refractivity contribution in [2.75, 3.05) is 13.1 Å². The number of hydrogen-bond acceptors (Lipinski definition) is 4. The van der Waals surface area contributed by atoms with Crippen LogP contribution in [0.25, 0.3) is 0 Å². The highest BCUT2D eigenvalue weighted by Gasteiger charge is 2.62. The van der Waals surface area contributed by atoms with Gasteiger partial charge in [-0.15, -0.1) is 0 Å². The van der Waals surface area contributed by atoms with Crippen LogP contribution in [-0.2, 0) is 9.59 Å². The largest absolute Gasteiger partial charge is 0.393 e. The number of fused-ring (bicyclic) bond motifs is 5. The summed E-state index contributed by atoms with van der Waals surface area (Å²) in [5.74, 6) is 3.59. The summed E-state index contributed by atoms with van der Waals surface area (Å²) >= 11 is 0. The molecule has 5 rings (SSSR count). The van der Waals surface area contributed by atoms with Gasteiger partial charge < -0.3 is 20.4 Å². The van der Waals surface area contributed by atoms with E-state index < -0.39 is 0 Å². The van der Waals surface area contributed by atoms with Crippen LogP contribution in [0.15, 0.2) is 12.2 Å². The van der Waals surface area contributed by atoms with E-state index in [-0.39, 0.29) is 35.0 Å². The van der Waals surface area contributed by atoms with Crippen molar-refractivity contribution >= 4 is 11.8 Å². The van der Waals surface area contributed by atoms with Gasteiger partial charge in [-0.3, -0.25) is 9.59 Å². The number of likely N-dealkylation sites (tertiary alicyclic amines) is 1. The van der Waals surface area contributed by atoms with Gasteiger partial charge in [-0.25, -0.2) is 0 Å². The fourth-order valence-corrected chi connectivity index (χ4v) is 12.8. The number of carbonyl (C=O) groups excluding carboxylic acids is 2. The number of rotatable bonds is 20. The van der Waals surface area contributed by atoms with Gasteiger partial charge in [0.15, 0.2) is 0 Å². The molecule has 0 aromatic rings. The van der Waals surface area contributed by atoms with Crippen molar-refractivity contribution in [1.29, 1.82) is 0 Å². The first-order valence-electron chi connectivity index (χ1n) is 23.1. The van der Waals surface area contributed by atoms with Crippen LogP contribution in [0.5, 0.6) is 0 Å². The normalized spacial score (nSPS) is 35.1. The smallest absolute Gasteiger partial charge is 0.222 e. The maximum Gasteiger partial charge on any atom is 0.222 e. The topological polar surface area (TPSA) is 89.9 Å². The molecule has 10 atom stereocenters. The van der Waals surface area contributed by atoms with Crippen molar-refractivity contribution in [3.8, 4) is 0 Å². The molecule has 304 valence electrons. The zero-order valence-electron chi connectivity index (χ0n) is 34.8. The Morgan fingerprint density at radius 3 is 2.08 bits per heavy atom. The molecule has 1 saturated heterocycles. The van der Waals surface area contributed by atoms with Crippen LogP contribution >= 0.6 is 0 Å². The number of allylic oxidation sites excluding steroid dienone is 2. The number of aliphatic hydroxyl groups is 2. The molecular weight excluding hydrogens is 657 g/mol. The number of piperidine rings is 1. The zero-order valence-corrected chi connectivity index (χ0v) is 34.8. The highest BCUT2D eigenvalue weighted by atomic mass is 16.3. The van der Waals surface area contributed by atoms with E-state index in [4.69, 9.17) is 0 Å². The summed E-state index contributed by atoms with van der Waals surface area (Å²) < 4.78 is 0. The first-order chi connectivity index (χ1) is 25.6. The summed E-state index contributed by atoms with van der Waals surface area (Å²) in [6.07, 6.45) is 33.4. The molecule has 1 heterocycles. The third kappa shape index (κ3) is 11.1. The third-order valence-corrected chi connectivity index (χ3v) is 16.1. The van der Waals surface area contributed by atoms with Crippen molar-refractivity contribution in [2.24, 2.45) is 46.3 Å². The van der Waals surface area contributed by atoms with Gasteiger partial charge in [0.1, 0.15) is 0 Å². The molecule has 53 heavy (non-hydrogen) atoms. The lowest BCUT2D eigenvalue weighted by atomic mass is 9.43. The minimum absolute atomic E-state index is 0.180. The van der Waals surface area contributed by atoms with E-state index in [1.54, 1.807) is 0 Å². The molecule has 2 amide bonds. The van der Waals surface area contributed by atoms with Gasteiger partial charge in [0, 0.05) is 32.0 Å². The molecule has 0 spiro atoms. The second-order valence-electron chi connectivity index (χ2n) is 19.5. The van der Waals surface area contributed by atoms with Gasteiger partial charge in [-0.1, -0.05) is 91.2 Å². The maximum absolute atomic E-state index is 13.2.